The van der Waals surface area contributed by atoms with Crippen LogP contribution >= 0.6 is 0 Å². The van der Waals surface area contributed by atoms with Gasteiger partial charge in [-0.1, -0.05) is 6.92 Å². The summed E-state index contributed by atoms with van der Waals surface area (Å²) in [7, 11) is 0. The van der Waals surface area contributed by atoms with E-state index in [9.17, 15) is 14.9 Å². The van der Waals surface area contributed by atoms with Gasteiger partial charge in [-0.05, 0) is 18.1 Å². The Morgan fingerprint density at radius 2 is 2.17 bits per heavy atom. The number of non-ortho nitro benzene ring substituents is 1. The van der Waals surface area contributed by atoms with E-state index >= 15 is 0 Å². The molecule has 1 rings (SSSR count). The average molecular weight is 251 g/mol. The highest BCUT2D eigenvalue weighted by Gasteiger charge is 2.09. The molecule has 1 aromatic carbocycles. The van der Waals surface area contributed by atoms with E-state index in [4.69, 9.17) is 11.5 Å². The fraction of sp³-hybridized carbons (Fsp3) is 0.200. The first kappa shape index (κ1) is 13.4. The van der Waals surface area contributed by atoms with Crippen molar-refractivity contribution in [3.05, 3.63) is 33.9 Å². The zero-order chi connectivity index (χ0) is 13.7. The highest BCUT2D eigenvalue weighted by molar-refractivity contribution is 5.95. The topological polar surface area (TPSA) is 137 Å². The molecular weight excluding hydrogens is 238 g/mol. The number of nitrogens with zero attached hydrogens (tertiary/aromatic N) is 2. The van der Waals surface area contributed by atoms with E-state index in [1.807, 2.05) is 6.92 Å². The second-order valence-corrected chi connectivity index (χ2v) is 3.41. The van der Waals surface area contributed by atoms with Crippen molar-refractivity contribution in [2.24, 2.45) is 16.5 Å². The molecule has 0 aromatic heterocycles. The van der Waals surface area contributed by atoms with Crippen molar-refractivity contribution in [2.45, 2.75) is 13.3 Å². The number of nitrogens with two attached hydrogens (primary N) is 2. The molecule has 18 heavy (non-hydrogen) atoms. The number of hydrogen-bond donors (Lipinski definition) is 3. The number of aliphatic imine (C=N–C) groups is 1. The molecular formula is C10H13N5O3. The van der Waals surface area contributed by atoms with Crippen molar-refractivity contribution in [1.29, 1.82) is 0 Å². The summed E-state index contributed by atoms with van der Waals surface area (Å²) in [5.41, 5.74) is 11.4. The van der Waals surface area contributed by atoms with Crippen molar-refractivity contribution in [2.75, 3.05) is 0 Å². The zero-order valence-corrected chi connectivity index (χ0v) is 9.71. The molecule has 2 amide bonds. The molecule has 0 atom stereocenters. The third kappa shape index (κ3) is 3.44. The molecule has 96 valence electrons. The van der Waals surface area contributed by atoms with Crippen LogP contribution in [0.25, 0.3) is 0 Å². The number of hydrogen-bond acceptors (Lipinski definition) is 4. The molecule has 0 heterocycles. The predicted molar refractivity (Wildman–Crippen MR) is 66.5 cm³/mol. The SMILES string of the molecule is CCc1cc([N+](=O)[O-])ccc1N=C(N)NC(N)=O. The third-order valence-electron chi connectivity index (χ3n) is 2.15. The average Bonchev–Trinajstić information content (AvgIpc) is 2.27. The van der Waals surface area contributed by atoms with E-state index < -0.39 is 11.0 Å². The van der Waals surface area contributed by atoms with Crippen molar-refractivity contribution in [3.63, 3.8) is 0 Å². The molecule has 0 aliphatic rings. The van der Waals surface area contributed by atoms with Crippen LogP contribution in [0.2, 0.25) is 0 Å². The Morgan fingerprint density at radius 1 is 1.50 bits per heavy atom. The van der Waals surface area contributed by atoms with E-state index in [-0.39, 0.29) is 11.6 Å². The molecule has 8 nitrogen and oxygen atoms in total. The standard InChI is InChI=1S/C10H13N5O3/c1-2-6-5-7(15(17)18)3-4-8(6)13-9(11)14-10(12)16/h3-5H,2H2,1H3,(H5,11,12,13,14,16). The van der Waals surface area contributed by atoms with Crippen LogP contribution < -0.4 is 16.8 Å². The lowest BCUT2D eigenvalue weighted by Gasteiger charge is -2.05. The molecule has 0 radical (unpaired) electrons. The normalized spacial score (nSPS) is 11.1. The van der Waals surface area contributed by atoms with Gasteiger partial charge >= 0.3 is 6.03 Å². The number of urea groups is 1. The largest absolute Gasteiger partial charge is 0.369 e. The van der Waals surface area contributed by atoms with Gasteiger partial charge in [0.15, 0.2) is 0 Å². The lowest BCUT2D eigenvalue weighted by atomic mass is 10.1. The van der Waals surface area contributed by atoms with Gasteiger partial charge in [-0.25, -0.2) is 9.79 Å². The lowest BCUT2D eigenvalue weighted by Crippen LogP contribution is -2.39. The van der Waals surface area contributed by atoms with Gasteiger partial charge in [-0.3, -0.25) is 15.4 Å². The summed E-state index contributed by atoms with van der Waals surface area (Å²) in [5.74, 6) is -0.161. The Hall–Kier alpha value is -2.64. The van der Waals surface area contributed by atoms with Gasteiger partial charge in [-0.2, -0.15) is 0 Å². The maximum absolute atomic E-state index is 10.6. The van der Waals surface area contributed by atoms with Gasteiger partial charge in [0.2, 0.25) is 5.96 Å². The number of amides is 2. The highest BCUT2D eigenvalue weighted by atomic mass is 16.6. The summed E-state index contributed by atoms with van der Waals surface area (Å²) in [6.07, 6.45) is 0.546. The lowest BCUT2D eigenvalue weighted by molar-refractivity contribution is -0.384. The van der Waals surface area contributed by atoms with Crippen molar-refractivity contribution in [3.8, 4) is 0 Å². The Balaban J connectivity index is 3.09. The van der Waals surface area contributed by atoms with E-state index in [0.717, 1.165) is 0 Å². The molecule has 5 N–H and O–H groups in total. The Morgan fingerprint density at radius 3 is 2.67 bits per heavy atom. The van der Waals surface area contributed by atoms with Crippen molar-refractivity contribution in [1.82, 2.24) is 5.32 Å². The van der Waals surface area contributed by atoms with Gasteiger partial charge in [0.1, 0.15) is 0 Å². The Kier molecular flexibility index (Phi) is 4.19. The molecule has 0 aliphatic carbocycles. The maximum atomic E-state index is 10.6. The summed E-state index contributed by atoms with van der Waals surface area (Å²) in [4.78, 5) is 24.6. The zero-order valence-electron chi connectivity index (χ0n) is 9.71. The fourth-order valence-electron chi connectivity index (χ4n) is 1.36. The fourth-order valence-corrected chi connectivity index (χ4v) is 1.36. The van der Waals surface area contributed by atoms with E-state index in [0.29, 0.717) is 17.7 Å². The number of primary amides is 1. The molecule has 8 heteroatoms. The summed E-state index contributed by atoms with van der Waals surface area (Å²) in [6.45, 7) is 1.83. The quantitative estimate of drug-likeness (QED) is 0.316. The number of guanidine groups is 1. The molecule has 0 bridgehead atoms. The summed E-state index contributed by atoms with van der Waals surface area (Å²) in [6, 6.07) is 3.37. The van der Waals surface area contributed by atoms with Crippen LogP contribution in [0.4, 0.5) is 16.2 Å². The van der Waals surface area contributed by atoms with E-state index in [1.165, 1.54) is 18.2 Å². The van der Waals surface area contributed by atoms with Crippen LogP contribution in [0.1, 0.15) is 12.5 Å². The summed E-state index contributed by atoms with van der Waals surface area (Å²) in [5, 5.41) is 12.7. The van der Waals surface area contributed by atoms with Gasteiger partial charge < -0.3 is 11.5 Å². The number of benzene rings is 1. The van der Waals surface area contributed by atoms with Gasteiger partial charge in [-0.15, -0.1) is 0 Å². The van der Waals surface area contributed by atoms with Crippen molar-refractivity contribution < 1.29 is 9.72 Å². The number of nitrogens with one attached hydrogen (secondary N) is 1. The molecule has 0 saturated carbocycles. The van der Waals surface area contributed by atoms with Gasteiger partial charge in [0.25, 0.3) is 5.69 Å². The molecule has 1 aromatic rings. The summed E-state index contributed by atoms with van der Waals surface area (Å²) < 4.78 is 0. The van der Waals surface area contributed by atoms with Crippen LogP contribution in [0.5, 0.6) is 0 Å². The second-order valence-electron chi connectivity index (χ2n) is 3.41. The highest BCUT2D eigenvalue weighted by Crippen LogP contribution is 2.24. The molecule has 0 spiro atoms. The molecule has 0 fully saturated rings. The third-order valence-corrected chi connectivity index (χ3v) is 2.15. The number of nitro benzene ring substituents is 1. The number of carbonyl (C=O) groups excluding carboxylic acids is 1. The first-order valence-electron chi connectivity index (χ1n) is 5.12. The first-order chi connectivity index (χ1) is 8.43. The Bertz CT molecular complexity index is 512. The van der Waals surface area contributed by atoms with E-state index in [2.05, 4.69) is 10.3 Å². The smallest absolute Gasteiger partial charge is 0.318 e. The number of rotatable bonds is 3. The maximum Gasteiger partial charge on any atom is 0.318 e. The van der Waals surface area contributed by atoms with Crippen LogP contribution in [0.3, 0.4) is 0 Å². The number of carbonyl (C=O) groups is 1. The van der Waals surface area contributed by atoms with Crippen LogP contribution in [0.15, 0.2) is 23.2 Å². The van der Waals surface area contributed by atoms with Gasteiger partial charge in [0, 0.05) is 12.1 Å². The van der Waals surface area contributed by atoms with Gasteiger partial charge in [0.05, 0.1) is 10.6 Å². The molecule has 0 aliphatic heterocycles. The molecule has 0 saturated heterocycles. The minimum absolute atomic E-state index is 0.0211. The van der Waals surface area contributed by atoms with Crippen molar-refractivity contribution >= 4 is 23.4 Å². The van der Waals surface area contributed by atoms with E-state index in [1.54, 1.807) is 0 Å². The minimum atomic E-state index is -0.823. The predicted octanol–water partition coefficient (Wildman–Crippen LogP) is 0.772. The first-order valence-corrected chi connectivity index (χ1v) is 5.12. The van der Waals surface area contributed by atoms with Crippen LogP contribution in [-0.2, 0) is 6.42 Å². The Labute approximate surface area is 103 Å². The second kappa shape index (κ2) is 5.62. The molecule has 0 unspecified atom stereocenters. The number of nitro groups is 1. The minimum Gasteiger partial charge on any atom is -0.369 e. The number of aryl methyl sites for hydroxylation is 1. The van der Waals surface area contributed by atoms with Crippen LogP contribution in [0, 0.1) is 10.1 Å². The monoisotopic (exact) mass is 251 g/mol. The summed E-state index contributed by atoms with van der Waals surface area (Å²) >= 11 is 0. The van der Waals surface area contributed by atoms with Crippen LogP contribution in [-0.4, -0.2) is 16.9 Å².